The first-order valence-electron chi connectivity index (χ1n) is 7.42. The van der Waals surface area contributed by atoms with Gasteiger partial charge >= 0.3 is 0 Å². The summed E-state index contributed by atoms with van der Waals surface area (Å²) in [5, 5.41) is 2.67. The van der Waals surface area contributed by atoms with Crippen molar-refractivity contribution in [1.29, 1.82) is 0 Å². The summed E-state index contributed by atoms with van der Waals surface area (Å²) in [6.45, 7) is 1.95. The van der Waals surface area contributed by atoms with Crippen LogP contribution in [0.2, 0.25) is 0 Å². The molecule has 1 N–H and O–H groups in total. The molecule has 24 heavy (non-hydrogen) atoms. The zero-order valence-electron chi connectivity index (χ0n) is 13.1. The number of hydrogen-bond donors (Lipinski definition) is 1. The predicted molar refractivity (Wildman–Crippen MR) is 89.1 cm³/mol. The van der Waals surface area contributed by atoms with Crippen LogP contribution in [0.25, 0.3) is 0 Å². The second kappa shape index (κ2) is 6.62. The van der Waals surface area contributed by atoms with E-state index in [0.717, 1.165) is 0 Å². The van der Waals surface area contributed by atoms with Crippen LogP contribution in [0.5, 0.6) is 11.5 Å². The van der Waals surface area contributed by atoms with Gasteiger partial charge in [0.1, 0.15) is 11.5 Å². The number of carbonyl (C=O) groups is 1. The van der Waals surface area contributed by atoms with Crippen LogP contribution in [-0.2, 0) is 19.4 Å². The molecule has 0 bridgehead atoms. The van der Waals surface area contributed by atoms with Gasteiger partial charge in [-0.15, -0.1) is 0 Å². The molecule has 0 aliphatic carbocycles. The predicted octanol–water partition coefficient (Wildman–Crippen LogP) is 2.61. The third-order valence-electron chi connectivity index (χ3n) is 3.40. The number of carbonyl (C=O) groups excluding carboxylic acids is 1. The molecule has 0 aromatic heterocycles. The lowest BCUT2D eigenvalue weighted by atomic mass is 10.3. The highest BCUT2D eigenvalue weighted by atomic mass is 32.2. The molecule has 6 nitrogen and oxygen atoms in total. The van der Waals surface area contributed by atoms with Crippen molar-refractivity contribution in [3.8, 4) is 11.5 Å². The molecule has 1 heterocycles. The first kappa shape index (κ1) is 16.5. The summed E-state index contributed by atoms with van der Waals surface area (Å²) in [4.78, 5) is 11.2. The second-order valence-electron chi connectivity index (χ2n) is 5.52. The standard InChI is InChI=1S/C17H17NO5S/c1-12(19)18-13-2-4-14(5-3-13)23-15-6-8-17(9-7-15)24(20,21)11-16-10-22-16/h2-9,16H,10-11H2,1H3,(H,18,19). The normalized spacial score (nSPS) is 16.5. The lowest BCUT2D eigenvalue weighted by Gasteiger charge is -2.08. The fraction of sp³-hybridized carbons (Fsp3) is 0.235. The van der Waals surface area contributed by atoms with E-state index >= 15 is 0 Å². The Labute approximate surface area is 140 Å². The van der Waals surface area contributed by atoms with Crippen molar-refractivity contribution < 1.29 is 22.7 Å². The van der Waals surface area contributed by atoms with E-state index in [1.807, 2.05) is 0 Å². The highest BCUT2D eigenvalue weighted by Crippen LogP contribution is 2.25. The number of rotatable bonds is 6. The Morgan fingerprint density at radius 1 is 1.12 bits per heavy atom. The molecule has 2 aromatic carbocycles. The van der Waals surface area contributed by atoms with Gasteiger partial charge in [0.2, 0.25) is 5.91 Å². The minimum atomic E-state index is -3.32. The van der Waals surface area contributed by atoms with Gasteiger partial charge in [-0.25, -0.2) is 8.42 Å². The van der Waals surface area contributed by atoms with Gasteiger partial charge in [-0.3, -0.25) is 4.79 Å². The summed E-state index contributed by atoms with van der Waals surface area (Å²) in [5.74, 6) is 0.990. The van der Waals surface area contributed by atoms with Crippen LogP contribution in [0.15, 0.2) is 53.4 Å². The molecule has 0 saturated carbocycles. The average molecular weight is 347 g/mol. The van der Waals surface area contributed by atoms with Crippen LogP contribution in [-0.4, -0.2) is 32.8 Å². The van der Waals surface area contributed by atoms with Crippen molar-refractivity contribution in [1.82, 2.24) is 0 Å². The van der Waals surface area contributed by atoms with Gasteiger partial charge in [-0.2, -0.15) is 0 Å². The number of epoxide rings is 1. The van der Waals surface area contributed by atoms with Gasteiger partial charge in [0.15, 0.2) is 9.84 Å². The van der Waals surface area contributed by atoms with E-state index < -0.39 is 9.84 Å². The van der Waals surface area contributed by atoms with Gasteiger partial charge in [-0.05, 0) is 48.5 Å². The Bertz CT molecular complexity index is 824. The minimum absolute atomic E-state index is 0.0117. The number of amides is 1. The molecule has 0 radical (unpaired) electrons. The fourth-order valence-electron chi connectivity index (χ4n) is 2.17. The van der Waals surface area contributed by atoms with Crippen molar-refractivity contribution in [2.75, 3.05) is 17.7 Å². The first-order valence-corrected chi connectivity index (χ1v) is 9.07. The maximum absolute atomic E-state index is 12.1. The van der Waals surface area contributed by atoms with Crippen LogP contribution in [0, 0.1) is 0 Å². The van der Waals surface area contributed by atoms with E-state index in [1.54, 1.807) is 36.4 Å². The number of anilines is 1. The molecule has 1 aliphatic rings. The molecule has 1 atom stereocenters. The minimum Gasteiger partial charge on any atom is -0.457 e. The van der Waals surface area contributed by atoms with Crippen molar-refractivity contribution in [3.05, 3.63) is 48.5 Å². The molecular weight excluding hydrogens is 330 g/mol. The average Bonchev–Trinajstić information content (AvgIpc) is 3.33. The Morgan fingerprint density at radius 3 is 2.17 bits per heavy atom. The number of ether oxygens (including phenoxy) is 2. The zero-order valence-corrected chi connectivity index (χ0v) is 13.9. The van der Waals surface area contributed by atoms with Crippen LogP contribution in [0.1, 0.15) is 6.92 Å². The van der Waals surface area contributed by atoms with E-state index in [2.05, 4.69) is 5.32 Å². The number of hydrogen-bond acceptors (Lipinski definition) is 5. The Hall–Kier alpha value is -2.38. The quantitative estimate of drug-likeness (QED) is 0.812. The fourth-order valence-corrected chi connectivity index (χ4v) is 3.59. The van der Waals surface area contributed by atoms with Crippen molar-refractivity contribution in [3.63, 3.8) is 0 Å². The number of sulfone groups is 1. The van der Waals surface area contributed by atoms with Crippen LogP contribution in [0.3, 0.4) is 0 Å². The Balaban J connectivity index is 1.66. The van der Waals surface area contributed by atoms with Gasteiger partial charge in [0.05, 0.1) is 23.4 Å². The molecular formula is C17H17NO5S. The Morgan fingerprint density at radius 2 is 1.67 bits per heavy atom. The maximum Gasteiger partial charge on any atom is 0.221 e. The van der Waals surface area contributed by atoms with Crippen LogP contribution < -0.4 is 10.1 Å². The molecule has 1 aliphatic heterocycles. The van der Waals surface area contributed by atoms with Gasteiger partial charge in [0.25, 0.3) is 0 Å². The lowest BCUT2D eigenvalue weighted by molar-refractivity contribution is -0.114. The molecule has 7 heteroatoms. The monoisotopic (exact) mass is 347 g/mol. The van der Waals surface area contributed by atoms with Crippen molar-refractivity contribution in [2.45, 2.75) is 17.9 Å². The maximum atomic E-state index is 12.1. The molecule has 126 valence electrons. The highest BCUT2D eigenvalue weighted by molar-refractivity contribution is 7.91. The molecule has 1 amide bonds. The van der Waals surface area contributed by atoms with E-state index in [-0.39, 0.29) is 22.7 Å². The largest absolute Gasteiger partial charge is 0.457 e. The summed E-state index contributed by atoms with van der Waals surface area (Å²) in [7, 11) is -3.32. The summed E-state index contributed by atoms with van der Waals surface area (Å²) < 4.78 is 34.9. The van der Waals surface area contributed by atoms with Crippen LogP contribution >= 0.6 is 0 Å². The van der Waals surface area contributed by atoms with Gasteiger partial charge < -0.3 is 14.8 Å². The number of benzene rings is 2. The SMILES string of the molecule is CC(=O)Nc1ccc(Oc2ccc(S(=O)(=O)CC3CO3)cc2)cc1. The third-order valence-corrected chi connectivity index (χ3v) is 5.20. The first-order chi connectivity index (χ1) is 11.4. The van der Waals surface area contributed by atoms with Gasteiger partial charge in [0, 0.05) is 12.6 Å². The zero-order chi connectivity index (χ0) is 17.2. The second-order valence-corrected chi connectivity index (χ2v) is 7.55. The van der Waals surface area contributed by atoms with E-state index in [0.29, 0.717) is 23.8 Å². The summed E-state index contributed by atoms with van der Waals surface area (Å²) >= 11 is 0. The molecule has 2 aromatic rings. The molecule has 1 saturated heterocycles. The Kier molecular flexibility index (Phi) is 4.55. The molecule has 1 fully saturated rings. The topological polar surface area (TPSA) is 85.0 Å². The van der Waals surface area contributed by atoms with Crippen LogP contribution in [0.4, 0.5) is 5.69 Å². The lowest BCUT2D eigenvalue weighted by Crippen LogP contribution is -2.11. The van der Waals surface area contributed by atoms with E-state index in [1.165, 1.54) is 19.1 Å². The summed E-state index contributed by atoms with van der Waals surface area (Å²) in [6.07, 6.45) is -0.173. The van der Waals surface area contributed by atoms with Gasteiger partial charge in [-0.1, -0.05) is 0 Å². The molecule has 3 rings (SSSR count). The summed E-state index contributed by atoms with van der Waals surface area (Å²) in [5.41, 5.74) is 0.679. The highest BCUT2D eigenvalue weighted by Gasteiger charge is 2.30. The van der Waals surface area contributed by atoms with E-state index in [4.69, 9.17) is 9.47 Å². The molecule has 1 unspecified atom stereocenters. The number of nitrogens with one attached hydrogen (secondary N) is 1. The van der Waals surface area contributed by atoms with Crippen molar-refractivity contribution >= 4 is 21.4 Å². The van der Waals surface area contributed by atoms with E-state index in [9.17, 15) is 13.2 Å². The van der Waals surface area contributed by atoms with Crippen molar-refractivity contribution in [2.24, 2.45) is 0 Å². The molecule has 0 spiro atoms. The third kappa shape index (κ3) is 4.33. The summed E-state index contributed by atoms with van der Waals surface area (Å²) in [6, 6.07) is 13.2. The smallest absolute Gasteiger partial charge is 0.221 e.